The maximum absolute atomic E-state index is 13.1. The molecule has 2 rings (SSSR count). The first-order chi connectivity index (χ1) is 8.56. The summed E-state index contributed by atoms with van der Waals surface area (Å²) in [5.41, 5.74) is 1.11. The average molecular weight is 268 g/mol. The lowest BCUT2D eigenvalue weighted by Crippen LogP contribution is -2.00. The van der Waals surface area contributed by atoms with Gasteiger partial charge in [-0.25, -0.2) is 4.39 Å². The van der Waals surface area contributed by atoms with Gasteiger partial charge < -0.3 is 15.5 Å². The highest BCUT2D eigenvalue weighted by molar-refractivity contribution is 6.30. The minimum Gasteiger partial charge on any atom is -0.508 e. The van der Waals surface area contributed by atoms with Crippen molar-refractivity contribution in [3.63, 3.8) is 0 Å². The van der Waals surface area contributed by atoms with Crippen LogP contribution in [0.15, 0.2) is 36.4 Å². The van der Waals surface area contributed by atoms with Crippen LogP contribution >= 0.6 is 11.6 Å². The molecule has 0 atom stereocenters. The lowest BCUT2D eigenvalue weighted by Gasteiger charge is -2.09. The maximum atomic E-state index is 13.1. The van der Waals surface area contributed by atoms with Crippen molar-refractivity contribution < 1.29 is 14.6 Å². The third kappa shape index (κ3) is 2.84. The molecule has 2 aromatic carbocycles. The van der Waals surface area contributed by atoms with Crippen LogP contribution in [0.1, 0.15) is 5.56 Å². The Hall–Kier alpha value is -1.94. The molecule has 0 aliphatic heterocycles. The van der Waals surface area contributed by atoms with Gasteiger partial charge >= 0.3 is 0 Å². The monoisotopic (exact) mass is 267 g/mol. The summed E-state index contributed by atoms with van der Waals surface area (Å²) in [5, 5.41) is 22.1. The predicted octanol–water partition coefficient (Wildman–Crippen LogP) is 3.50. The number of phenolic OH excluding ortho intramolecular Hbond substituents is 2. The fraction of sp³-hybridized carbons (Fsp3) is 0.0769. The third-order valence-electron chi connectivity index (χ3n) is 2.47. The van der Waals surface area contributed by atoms with Gasteiger partial charge in [0, 0.05) is 28.9 Å². The fourth-order valence-corrected chi connectivity index (χ4v) is 1.70. The Morgan fingerprint density at radius 3 is 2.50 bits per heavy atom. The molecule has 2 aromatic rings. The standard InChI is InChI=1S/C13H11ClFNO2/c14-9-1-3-12(17)8(5-9)7-16-10-2-4-13(18)11(15)6-10/h1-6,16-18H,7H2. The minimum absolute atomic E-state index is 0.117. The molecule has 0 amide bonds. The lowest BCUT2D eigenvalue weighted by atomic mass is 10.2. The van der Waals surface area contributed by atoms with Gasteiger partial charge in [0.25, 0.3) is 0 Å². The summed E-state index contributed by atoms with van der Waals surface area (Å²) in [6.45, 7) is 0.302. The number of rotatable bonds is 3. The van der Waals surface area contributed by atoms with E-state index in [1.807, 2.05) is 0 Å². The molecular formula is C13H11ClFNO2. The van der Waals surface area contributed by atoms with Gasteiger partial charge in [-0.2, -0.15) is 0 Å². The zero-order valence-electron chi connectivity index (χ0n) is 9.32. The fourth-order valence-electron chi connectivity index (χ4n) is 1.51. The number of aromatic hydroxyl groups is 2. The first-order valence-electron chi connectivity index (χ1n) is 5.26. The summed E-state index contributed by atoms with van der Waals surface area (Å²) < 4.78 is 13.1. The first-order valence-corrected chi connectivity index (χ1v) is 5.64. The number of hydrogen-bond acceptors (Lipinski definition) is 3. The molecule has 94 valence electrons. The van der Waals surface area contributed by atoms with E-state index >= 15 is 0 Å². The van der Waals surface area contributed by atoms with Crippen molar-refractivity contribution in [1.82, 2.24) is 0 Å². The number of benzene rings is 2. The highest BCUT2D eigenvalue weighted by Crippen LogP contribution is 2.24. The normalized spacial score (nSPS) is 10.3. The quantitative estimate of drug-likeness (QED) is 0.746. The van der Waals surface area contributed by atoms with Crippen LogP contribution in [0.25, 0.3) is 0 Å². The topological polar surface area (TPSA) is 52.5 Å². The molecule has 3 nitrogen and oxygen atoms in total. The zero-order valence-corrected chi connectivity index (χ0v) is 10.1. The van der Waals surface area contributed by atoms with Crippen LogP contribution in [-0.2, 0) is 6.54 Å². The molecule has 0 saturated carbocycles. The second kappa shape index (κ2) is 5.14. The van der Waals surface area contributed by atoms with E-state index in [0.717, 1.165) is 0 Å². The number of halogens is 2. The number of hydrogen-bond donors (Lipinski definition) is 3. The highest BCUT2D eigenvalue weighted by Gasteiger charge is 2.04. The van der Waals surface area contributed by atoms with Gasteiger partial charge in [0.2, 0.25) is 0 Å². The summed E-state index contributed by atoms with van der Waals surface area (Å²) in [5.74, 6) is -0.979. The van der Waals surface area contributed by atoms with E-state index in [9.17, 15) is 9.50 Å². The Morgan fingerprint density at radius 2 is 1.78 bits per heavy atom. The van der Waals surface area contributed by atoms with E-state index in [1.165, 1.54) is 18.2 Å². The molecule has 0 unspecified atom stereocenters. The van der Waals surface area contributed by atoms with Gasteiger partial charge in [-0.1, -0.05) is 11.6 Å². The molecular weight excluding hydrogens is 257 g/mol. The Morgan fingerprint density at radius 1 is 1.06 bits per heavy atom. The van der Waals surface area contributed by atoms with E-state index in [0.29, 0.717) is 22.8 Å². The molecule has 0 heterocycles. The summed E-state index contributed by atoms with van der Waals surface area (Å²) in [4.78, 5) is 0. The van der Waals surface area contributed by atoms with Crippen molar-refractivity contribution in [3.8, 4) is 11.5 Å². The molecule has 0 bridgehead atoms. The Balaban J connectivity index is 2.11. The zero-order chi connectivity index (χ0) is 13.1. The molecule has 0 radical (unpaired) electrons. The van der Waals surface area contributed by atoms with Crippen molar-refractivity contribution in [2.45, 2.75) is 6.54 Å². The van der Waals surface area contributed by atoms with E-state index in [1.54, 1.807) is 18.2 Å². The third-order valence-corrected chi connectivity index (χ3v) is 2.71. The van der Waals surface area contributed by atoms with E-state index in [-0.39, 0.29) is 5.75 Å². The minimum atomic E-state index is -0.699. The summed E-state index contributed by atoms with van der Waals surface area (Å²) in [6.07, 6.45) is 0. The van der Waals surface area contributed by atoms with Crippen molar-refractivity contribution in [2.75, 3.05) is 5.32 Å². The maximum Gasteiger partial charge on any atom is 0.166 e. The van der Waals surface area contributed by atoms with Crippen molar-refractivity contribution in [3.05, 3.63) is 52.8 Å². The van der Waals surface area contributed by atoms with Crippen molar-refractivity contribution >= 4 is 17.3 Å². The van der Waals surface area contributed by atoms with Crippen LogP contribution in [0, 0.1) is 5.82 Å². The van der Waals surface area contributed by atoms with Gasteiger partial charge in [0.05, 0.1) is 0 Å². The molecule has 0 spiro atoms. The Kier molecular flexibility index (Phi) is 3.58. The highest BCUT2D eigenvalue weighted by atomic mass is 35.5. The second-order valence-electron chi connectivity index (χ2n) is 3.79. The molecule has 0 fully saturated rings. The van der Waals surface area contributed by atoms with Crippen LogP contribution in [0.4, 0.5) is 10.1 Å². The van der Waals surface area contributed by atoms with E-state index < -0.39 is 11.6 Å². The molecule has 0 aromatic heterocycles. The van der Waals surface area contributed by atoms with Gasteiger partial charge in [0.15, 0.2) is 11.6 Å². The largest absolute Gasteiger partial charge is 0.508 e. The summed E-state index contributed by atoms with van der Waals surface area (Å²) in [7, 11) is 0. The Labute approximate surface area is 108 Å². The van der Waals surface area contributed by atoms with Gasteiger partial charge in [-0.15, -0.1) is 0 Å². The second-order valence-corrected chi connectivity index (χ2v) is 4.23. The van der Waals surface area contributed by atoms with Gasteiger partial charge in [-0.3, -0.25) is 0 Å². The van der Waals surface area contributed by atoms with Crippen molar-refractivity contribution in [1.29, 1.82) is 0 Å². The molecule has 3 N–H and O–H groups in total. The van der Waals surface area contributed by atoms with E-state index in [2.05, 4.69) is 5.32 Å². The lowest BCUT2D eigenvalue weighted by molar-refractivity contribution is 0.432. The van der Waals surface area contributed by atoms with Gasteiger partial charge in [-0.05, 0) is 30.3 Å². The molecule has 18 heavy (non-hydrogen) atoms. The van der Waals surface area contributed by atoms with Crippen molar-refractivity contribution in [2.24, 2.45) is 0 Å². The number of anilines is 1. The molecule has 5 heteroatoms. The van der Waals surface area contributed by atoms with Crippen LogP contribution < -0.4 is 5.32 Å². The number of nitrogens with one attached hydrogen (secondary N) is 1. The molecule has 0 aliphatic rings. The van der Waals surface area contributed by atoms with E-state index in [4.69, 9.17) is 16.7 Å². The van der Waals surface area contributed by atoms with Crippen LogP contribution in [0.5, 0.6) is 11.5 Å². The average Bonchev–Trinajstić information content (AvgIpc) is 2.34. The van der Waals surface area contributed by atoms with Gasteiger partial charge in [0.1, 0.15) is 5.75 Å². The predicted molar refractivity (Wildman–Crippen MR) is 68.5 cm³/mol. The first kappa shape index (κ1) is 12.5. The SMILES string of the molecule is Oc1ccc(NCc2cc(Cl)ccc2O)cc1F. The molecule has 0 aliphatic carbocycles. The van der Waals surface area contributed by atoms with Crippen LogP contribution in [0.3, 0.4) is 0 Å². The number of phenols is 2. The summed E-state index contributed by atoms with van der Waals surface area (Å²) >= 11 is 5.81. The summed E-state index contributed by atoms with van der Waals surface area (Å²) in [6, 6.07) is 8.68. The van der Waals surface area contributed by atoms with Crippen LogP contribution in [0.2, 0.25) is 5.02 Å². The smallest absolute Gasteiger partial charge is 0.166 e. The Bertz CT molecular complexity index is 575. The van der Waals surface area contributed by atoms with Crippen LogP contribution in [-0.4, -0.2) is 10.2 Å². The molecule has 0 saturated heterocycles.